The predicted octanol–water partition coefficient (Wildman–Crippen LogP) is 3.92. The van der Waals surface area contributed by atoms with E-state index in [1.165, 1.54) is 0 Å². The minimum Gasteiger partial charge on any atom is -0.480 e. The number of hydrogen-bond acceptors (Lipinski definition) is 8. The molecule has 35 heavy (non-hydrogen) atoms. The van der Waals surface area contributed by atoms with Gasteiger partial charge >= 0.3 is 5.97 Å². The van der Waals surface area contributed by atoms with Crippen LogP contribution in [0.4, 0.5) is 0 Å². The lowest BCUT2D eigenvalue weighted by molar-refractivity contribution is -0.402. The fourth-order valence-corrected chi connectivity index (χ4v) is 3.07. The molecular weight excluding hydrogens is 450 g/mol. The normalized spacial score (nSPS) is 14.6. The van der Waals surface area contributed by atoms with Crippen molar-refractivity contribution in [2.45, 2.75) is 78.0 Å². The highest BCUT2D eigenvalue weighted by Gasteiger charge is 2.23. The second kappa shape index (κ2) is 14.9. The molecule has 0 saturated heterocycles. The van der Waals surface area contributed by atoms with Crippen LogP contribution in [-0.4, -0.2) is 35.2 Å². The van der Waals surface area contributed by atoms with Gasteiger partial charge in [-0.1, -0.05) is 74.5 Å². The fraction of sp³-hybridized carbons (Fsp3) is 0.500. The molecule has 4 N–H and O–H groups in total. The summed E-state index contributed by atoms with van der Waals surface area (Å²) in [5.74, 6) is -0.794. The Kier molecular flexibility index (Phi) is 12.3. The predicted molar refractivity (Wildman–Crippen MR) is 132 cm³/mol. The largest absolute Gasteiger partial charge is 0.480 e. The van der Waals surface area contributed by atoms with E-state index in [0.717, 1.165) is 11.1 Å². The van der Waals surface area contributed by atoms with E-state index < -0.39 is 30.1 Å². The summed E-state index contributed by atoms with van der Waals surface area (Å²) in [7, 11) is 0. The molecule has 2 aromatic rings. The molecule has 0 spiro atoms. The molecule has 2 rings (SSSR count). The Balaban J connectivity index is 2.06. The first kappa shape index (κ1) is 28.9. The maximum atomic E-state index is 11.6. The quantitative estimate of drug-likeness (QED) is 0.158. The maximum absolute atomic E-state index is 11.6. The van der Waals surface area contributed by atoms with Crippen LogP contribution in [0.5, 0.6) is 0 Å². The molecule has 0 aliphatic heterocycles. The lowest BCUT2D eigenvalue weighted by Gasteiger charge is -2.26. The van der Waals surface area contributed by atoms with E-state index in [1.54, 1.807) is 0 Å². The van der Waals surface area contributed by atoms with Crippen molar-refractivity contribution in [3.8, 4) is 0 Å². The van der Waals surface area contributed by atoms with Crippen LogP contribution >= 0.6 is 0 Å². The molecule has 0 heterocycles. The number of hydroxylamine groups is 3. The van der Waals surface area contributed by atoms with Gasteiger partial charge < -0.3 is 5.11 Å². The first-order chi connectivity index (χ1) is 16.6. The lowest BCUT2D eigenvalue weighted by Crippen LogP contribution is -2.48. The van der Waals surface area contributed by atoms with Crippen molar-refractivity contribution in [1.29, 1.82) is 0 Å². The molecule has 0 aliphatic rings. The molecule has 194 valence electrons. The van der Waals surface area contributed by atoms with E-state index in [2.05, 4.69) is 16.4 Å². The Morgan fingerprint density at radius 3 is 1.77 bits per heavy atom. The number of benzene rings is 2. The molecule has 3 unspecified atom stereocenters. The van der Waals surface area contributed by atoms with E-state index in [4.69, 9.17) is 19.6 Å². The maximum Gasteiger partial charge on any atom is 0.323 e. The molecule has 3 atom stereocenters. The van der Waals surface area contributed by atoms with Crippen LogP contribution in [-0.2, 0) is 37.2 Å². The highest BCUT2D eigenvalue weighted by molar-refractivity contribution is 5.73. The Bertz CT molecular complexity index is 845. The SMILES string of the molecule is CC(C)CC(NOC(Cc1ccccc1)NOC(Cc1ccccc1)NOOC(C)(C)C)C(=O)O. The number of rotatable bonds is 16. The van der Waals surface area contributed by atoms with Crippen molar-refractivity contribution in [3.05, 3.63) is 71.8 Å². The summed E-state index contributed by atoms with van der Waals surface area (Å²) in [5.41, 5.74) is 9.87. The molecule has 0 bridgehead atoms. The van der Waals surface area contributed by atoms with Gasteiger partial charge in [0.15, 0.2) is 12.5 Å². The van der Waals surface area contributed by atoms with Crippen LogP contribution in [0.15, 0.2) is 60.7 Å². The van der Waals surface area contributed by atoms with E-state index in [0.29, 0.717) is 19.3 Å². The zero-order chi connectivity index (χ0) is 25.7. The van der Waals surface area contributed by atoms with E-state index >= 15 is 0 Å². The topological polar surface area (TPSA) is 110 Å². The third kappa shape index (κ3) is 12.8. The Morgan fingerprint density at radius 1 is 0.829 bits per heavy atom. The van der Waals surface area contributed by atoms with Gasteiger partial charge in [-0.2, -0.15) is 11.0 Å². The summed E-state index contributed by atoms with van der Waals surface area (Å²) in [6.45, 7) is 9.52. The van der Waals surface area contributed by atoms with Crippen molar-refractivity contribution < 1.29 is 29.5 Å². The number of nitrogens with one attached hydrogen (secondary N) is 3. The van der Waals surface area contributed by atoms with Gasteiger partial charge in [-0.05, 0) is 44.2 Å². The molecular formula is C26H39N3O6. The van der Waals surface area contributed by atoms with Crippen molar-refractivity contribution in [2.24, 2.45) is 5.92 Å². The Morgan fingerprint density at radius 2 is 1.31 bits per heavy atom. The zero-order valence-electron chi connectivity index (χ0n) is 21.2. The smallest absolute Gasteiger partial charge is 0.323 e. The minimum absolute atomic E-state index is 0.184. The minimum atomic E-state index is -0.977. The van der Waals surface area contributed by atoms with Crippen LogP contribution < -0.4 is 16.4 Å². The fourth-order valence-electron chi connectivity index (χ4n) is 3.07. The van der Waals surface area contributed by atoms with E-state index in [1.807, 2.05) is 95.3 Å². The van der Waals surface area contributed by atoms with Crippen molar-refractivity contribution >= 4 is 5.97 Å². The van der Waals surface area contributed by atoms with Crippen LogP contribution in [0.3, 0.4) is 0 Å². The second-order valence-corrected chi connectivity index (χ2v) is 9.75. The molecule has 0 radical (unpaired) electrons. The molecule has 2 aromatic carbocycles. The third-order valence-electron chi connectivity index (χ3n) is 4.70. The third-order valence-corrected chi connectivity index (χ3v) is 4.70. The van der Waals surface area contributed by atoms with Gasteiger partial charge in [-0.3, -0.25) is 14.5 Å². The number of hydrogen-bond donors (Lipinski definition) is 4. The molecule has 0 fully saturated rings. The van der Waals surface area contributed by atoms with Gasteiger partial charge in [0.1, 0.15) is 6.04 Å². The highest BCUT2D eigenvalue weighted by Crippen LogP contribution is 2.10. The van der Waals surface area contributed by atoms with Gasteiger partial charge in [-0.25, -0.2) is 4.89 Å². The summed E-state index contributed by atoms with van der Waals surface area (Å²) >= 11 is 0. The van der Waals surface area contributed by atoms with E-state index in [-0.39, 0.29) is 5.92 Å². The average molecular weight is 490 g/mol. The average Bonchev–Trinajstić information content (AvgIpc) is 2.79. The Hall–Kier alpha value is -2.37. The first-order valence-electron chi connectivity index (χ1n) is 11.9. The number of carboxylic acid groups (broad SMARTS) is 1. The Labute approximate surface area is 207 Å². The van der Waals surface area contributed by atoms with Crippen LogP contribution in [0.2, 0.25) is 0 Å². The van der Waals surface area contributed by atoms with Gasteiger partial charge in [0.2, 0.25) is 0 Å². The van der Waals surface area contributed by atoms with Gasteiger partial charge in [0.25, 0.3) is 0 Å². The number of carboxylic acids is 1. The molecule has 9 heteroatoms. The van der Waals surface area contributed by atoms with Gasteiger partial charge in [0.05, 0.1) is 5.60 Å². The molecule has 9 nitrogen and oxygen atoms in total. The standard InChI is InChI=1S/C26H39N3O6/c1-19(2)16-22(25(30)31)27-32-23(17-20-12-8-6-9-13-20)28-33-24(29-35-34-26(3,4)5)18-21-14-10-7-11-15-21/h6-15,19,22-24,27-29H,16-18H2,1-5H3,(H,30,31). The number of carbonyl (C=O) groups is 1. The van der Waals surface area contributed by atoms with Crippen molar-refractivity contribution in [3.63, 3.8) is 0 Å². The first-order valence-corrected chi connectivity index (χ1v) is 11.9. The molecule has 0 amide bonds. The monoisotopic (exact) mass is 489 g/mol. The second-order valence-electron chi connectivity index (χ2n) is 9.75. The van der Waals surface area contributed by atoms with Crippen LogP contribution in [0, 0.1) is 5.92 Å². The highest BCUT2D eigenvalue weighted by atomic mass is 17.3. The van der Waals surface area contributed by atoms with Crippen molar-refractivity contribution in [2.75, 3.05) is 0 Å². The summed E-state index contributed by atoms with van der Waals surface area (Å²) in [4.78, 5) is 33.8. The van der Waals surface area contributed by atoms with Gasteiger partial charge in [0, 0.05) is 12.8 Å². The zero-order valence-corrected chi connectivity index (χ0v) is 21.2. The van der Waals surface area contributed by atoms with Crippen LogP contribution in [0.25, 0.3) is 0 Å². The number of aliphatic carboxylic acids is 1. The van der Waals surface area contributed by atoms with Gasteiger partial charge in [-0.15, -0.1) is 10.5 Å². The summed E-state index contributed by atoms with van der Waals surface area (Å²) in [5, 5.41) is 9.54. The summed E-state index contributed by atoms with van der Waals surface area (Å²) < 4.78 is 0. The molecule has 0 aromatic heterocycles. The van der Waals surface area contributed by atoms with Crippen molar-refractivity contribution in [1.82, 2.24) is 16.4 Å². The van der Waals surface area contributed by atoms with E-state index in [9.17, 15) is 9.90 Å². The lowest BCUT2D eigenvalue weighted by atomic mass is 10.1. The van der Waals surface area contributed by atoms with Crippen LogP contribution in [0.1, 0.15) is 52.2 Å². The summed E-state index contributed by atoms with van der Waals surface area (Å²) in [6, 6.07) is 18.6. The molecule has 0 saturated carbocycles. The summed E-state index contributed by atoms with van der Waals surface area (Å²) in [6.07, 6.45) is 0.00398. The molecule has 0 aliphatic carbocycles.